The largest absolute Gasteiger partial charge is 0.350 e. The van der Waals surface area contributed by atoms with E-state index < -0.39 is 5.82 Å². The van der Waals surface area contributed by atoms with Crippen molar-refractivity contribution in [1.29, 1.82) is 0 Å². The van der Waals surface area contributed by atoms with E-state index in [2.05, 4.69) is 25.9 Å². The summed E-state index contributed by atoms with van der Waals surface area (Å²) < 4.78 is 12.9. The summed E-state index contributed by atoms with van der Waals surface area (Å²) in [6.45, 7) is 3.02. The van der Waals surface area contributed by atoms with Gasteiger partial charge in [-0.1, -0.05) is 0 Å². The van der Waals surface area contributed by atoms with E-state index >= 15 is 0 Å². The number of carbonyl (C=O) groups is 2. The number of halogens is 1. The first-order valence-corrected chi connectivity index (χ1v) is 9.93. The van der Waals surface area contributed by atoms with Crippen molar-refractivity contribution in [2.45, 2.75) is 39.0 Å². The molecular formula is C21H26FN5O2. The highest BCUT2D eigenvalue weighted by Crippen LogP contribution is 2.21. The van der Waals surface area contributed by atoms with E-state index in [4.69, 9.17) is 0 Å². The Kier molecular flexibility index (Phi) is 7.10. The zero-order chi connectivity index (χ0) is 20.6. The first kappa shape index (κ1) is 20.7. The Balaban J connectivity index is 1.34. The maximum Gasteiger partial charge on any atom is 0.314 e. The van der Waals surface area contributed by atoms with Crippen LogP contribution in [0.15, 0.2) is 24.3 Å². The fraction of sp³-hybridized carbons (Fsp3) is 0.429. The van der Waals surface area contributed by atoms with Gasteiger partial charge in [0.05, 0.1) is 0 Å². The van der Waals surface area contributed by atoms with Crippen molar-refractivity contribution < 1.29 is 14.0 Å². The summed E-state index contributed by atoms with van der Waals surface area (Å²) in [4.78, 5) is 33.0. The molecule has 1 aliphatic carbocycles. The predicted octanol–water partition coefficient (Wildman–Crippen LogP) is 2.07. The summed E-state index contributed by atoms with van der Waals surface area (Å²) in [7, 11) is 0. The molecule has 0 bridgehead atoms. The van der Waals surface area contributed by atoms with Crippen molar-refractivity contribution >= 4 is 11.9 Å². The van der Waals surface area contributed by atoms with Crippen LogP contribution < -0.4 is 16.0 Å². The number of benzene rings is 1. The molecule has 0 atom stereocenters. The highest BCUT2D eigenvalue weighted by atomic mass is 19.1. The maximum atomic E-state index is 12.9. The lowest BCUT2D eigenvalue weighted by atomic mass is 9.95. The van der Waals surface area contributed by atoms with Gasteiger partial charge in [0.15, 0.2) is 0 Å². The number of amides is 3. The van der Waals surface area contributed by atoms with Crippen LogP contribution in [-0.4, -0.2) is 41.5 Å². The smallest absolute Gasteiger partial charge is 0.314 e. The Hall–Kier alpha value is -3.03. The number of aryl methyl sites for hydroxylation is 2. The van der Waals surface area contributed by atoms with Gasteiger partial charge >= 0.3 is 6.03 Å². The maximum absolute atomic E-state index is 12.9. The van der Waals surface area contributed by atoms with Crippen molar-refractivity contribution in [3.8, 4) is 0 Å². The minimum Gasteiger partial charge on any atom is -0.350 e. The van der Waals surface area contributed by atoms with Crippen LogP contribution in [0.2, 0.25) is 0 Å². The van der Waals surface area contributed by atoms with E-state index in [1.807, 2.05) is 6.92 Å². The number of carbonyl (C=O) groups excluding carboxylic acids is 2. The molecule has 0 spiro atoms. The molecule has 1 aromatic heterocycles. The third-order valence-electron chi connectivity index (χ3n) is 4.87. The van der Waals surface area contributed by atoms with E-state index in [0.29, 0.717) is 18.5 Å². The number of nitrogens with zero attached hydrogens (tertiary/aromatic N) is 2. The van der Waals surface area contributed by atoms with Gasteiger partial charge < -0.3 is 16.0 Å². The van der Waals surface area contributed by atoms with E-state index in [0.717, 1.165) is 30.1 Å². The molecule has 0 unspecified atom stereocenters. The quantitative estimate of drug-likeness (QED) is 0.621. The van der Waals surface area contributed by atoms with Gasteiger partial charge in [-0.3, -0.25) is 4.79 Å². The Labute approximate surface area is 169 Å². The van der Waals surface area contributed by atoms with Gasteiger partial charge in [0.1, 0.15) is 11.6 Å². The molecule has 0 saturated heterocycles. The molecule has 8 heteroatoms. The lowest BCUT2D eigenvalue weighted by molar-refractivity contribution is 0.0953. The SMILES string of the molecule is Cc1nc(CCNC(=O)NCCNC(=O)c2ccc(F)cc2)nc2c1CCCC2. The average Bonchev–Trinajstić information content (AvgIpc) is 2.71. The molecule has 1 aromatic carbocycles. The third-order valence-corrected chi connectivity index (χ3v) is 4.87. The molecule has 3 rings (SSSR count). The number of rotatable bonds is 7. The van der Waals surface area contributed by atoms with Crippen molar-refractivity contribution in [3.05, 3.63) is 58.4 Å². The highest BCUT2D eigenvalue weighted by molar-refractivity contribution is 5.94. The Bertz CT molecular complexity index is 870. The Morgan fingerprint density at radius 3 is 2.45 bits per heavy atom. The molecule has 1 aliphatic rings. The van der Waals surface area contributed by atoms with Crippen LogP contribution in [0.1, 0.15) is 46.0 Å². The van der Waals surface area contributed by atoms with E-state index in [9.17, 15) is 14.0 Å². The van der Waals surface area contributed by atoms with Gasteiger partial charge in [-0.05, 0) is 62.4 Å². The monoisotopic (exact) mass is 399 g/mol. The average molecular weight is 399 g/mol. The molecular weight excluding hydrogens is 373 g/mol. The van der Waals surface area contributed by atoms with Crippen LogP contribution in [0.4, 0.5) is 9.18 Å². The van der Waals surface area contributed by atoms with Crippen molar-refractivity contribution in [3.63, 3.8) is 0 Å². The van der Waals surface area contributed by atoms with Gasteiger partial charge in [-0.15, -0.1) is 0 Å². The molecule has 3 N–H and O–H groups in total. The topological polar surface area (TPSA) is 96.0 Å². The van der Waals surface area contributed by atoms with Gasteiger partial charge in [-0.2, -0.15) is 0 Å². The zero-order valence-electron chi connectivity index (χ0n) is 16.6. The fourth-order valence-corrected chi connectivity index (χ4v) is 3.36. The fourth-order valence-electron chi connectivity index (χ4n) is 3.36. The van der Waals surface area contributed by atoms with Gasteiger partial charge in [0.2, 0.25) is 0 Å². The lowest BCUT2D eigenvalue weighted by Gasteiger charge is -2.17. The second-order valence-corrected chi connectivity index (χ2v) is 7.05. The molecule has 7 nitrogen and oxygen atoms in total. The zero-order valence-corrected chi connectivity index (χ0v) is 16.6. The molecule has 1 heterocycles. The van der Waals surface area contributed by atoms with Crippen LogP contribution in [0.25, 0.3) is 0 Å². The molecule has 0 fully saturated rings. The number of urea groups is 1. The third kappa shape index (κ3) is 5.97. The lowest BCUT2D eigenvalue weighted by Crippen LogP contribution is -2.41. The summed E-state index contributed by atoms with van der Waals surface area (Å²) in [5, 5.41) is 8.12. The summed E-state index contributed by atoms with van der Waals surface area (Å²) >= 11 is 0. The summed E-state index contributed by atoms with van der Waals surface area (Å²) in [5.74, 6) is 0.0537. The van der Waals surface area contributed by atoms with E-state index in [1.54, 1.807) is 0 Å². The number of hydrogen-bond acceptors (Lipinski definition) is 4. The molecule has 0 radical (unpaired) electrons. The molecule has 0 aliphatic heterocycles. The summed E-state index contributed by atoms with van der Waals surface area (Å²) in [5.41, 5.74) is 3.86. The van der Waals surface area contributed by atoms with Crippen molar-refractivity contribution in [2.24, 2.45) is 0 Å². The molecule has 0 saturated carbocycles. The van der Waals surface area contributed by atoms with Crippen LogP contribution >= 0.6 is 0 Å². The number of fused-ring (bicyclic) bond motifs is 1. The van der Waals surface area contributed by atoms with E-state index in [1.165, 1.54) is 42.7 Å². The van der Waals surface area contributed by atoms with Crippen LogP contribution in [0, 0.1) is 12.7 Å². The van der Waals surface area contributed by atoms with Crippen molar-refractivity contribution in [1.82, 2.24) is 25.9 Å². The normalized spacial score (nSPS) is 12.8. The Morgan fingerprint density at radius 2 is 1.66 bits per heavy atom. The molecule has 29 heavy (non-hydrogen) atoms. The molecule has 2 aromatic rings. The summed E-state index contributed by atoms with van der Waals surface area (Å²) in [6.07, 6.45) is 5.00. The van der Waals surface area contributed by atoms with Crippen LogP contribution in [0.5, 0.6) is 0 Å². The Morgan fingerprint density at radius 1 is 0.966 bits per heavy atom. The number of nitrogens with one attached hydrogen (secondary N) is 3. The second-order valence-electron chi connectivity index (χ2n) is 7.05. The predicted molar refractivity (Wildman–Crippen MR) is 107 cm³/mol. The standard InChI is InChI=1S/C21H26FN5O2/c1-14-17-4-2-3-5-18(17)27-19(26-14)10-11-24-21(29)25-13-12-23-20(28)15-6-8-16(22)9-7-15/h6-9H,2-5,10-13H2,1H3,(H,23,28)(H2,24,25,29). The minimum absolute atomic E-state index is 0.275. The first-order chi connectivity index (χ1) is 14.0. The highest BCUT2D eigenvalue weighted by Gasteiger charge is 2.15. The van der Waals surface area contributed by atoms with Gasteiger partial charge in [-0.25, -0.2) is 19.2 Å². The number of aromatic nitrogens is 2. The first-order valence-electron chi connectivity index (χ1n) is 9.93. The van der Waals surface area contributed by atoms with Gasteiger partial charge in [0.25, 0.3) is 5.91 Å². The van der Waals surface area contributed by atoms with Crippen LogP contribution in [-0.2, 0) is 19.3 Å². The van der Waals surface area contributed by atoms with E-state index in [-0.39, 0.29) is 25.0 Å². The summed E-state index contributed by atoms with van der Waals surface area (Å²) in [6, 6.07) is 4.98. The number of hydrogen-bond donors (Lipinski definition) is 3. The minimum atomic E-state index is -0.393. The molecule has 154 valence electrons. The van der Waals surface area contributed by atoms with Crippen LogP contribution in [0.3, 0.4) is 0 Å². The van der Waals surface area contributed by atoms with Gasteiger partial charge in [0, 0.05) is 43.0 Å². The second kappa shape index (κ2) is 9.95. The molecule has 3 amide bonds. The van der Waals surface area contributed by atoms with Crippen molar-refractivity contribution in [2.75, 3.05) is 19.6 Å².